The van der Waals surface area contributed by atoms with Crippen molar-refractivity contribution in [3.63, 3.8) is 0 Å². The van der Waals surface area contributed by atoms with E-state index in [0.717, 1.165) is 0 Å². The van der Waals surface area contributed by atoms with E-state index in [1.807, 2.05) is 0 Å². The number of hydrogen-bond donors (Lipinski definition) is 0. The van der Waals surface area contributed by atoms with Gasteiger partial charge >= 0.3 is 52.2 Å². The van der Waals surface area contributed by atoms with Gasteiger partial charge < -0.3 is 21.9 Å². The SMILES string of the molecule is C[C-]=Nc1[c-]ccc(OC([NH-])=O)c1.[CH-]1CCCCC1.[U+2].[W+2]. The van der Waals surface area contributed by atoms with Gasteiger partial charge in [0, 0.05) is 5.75 Å². The Morgan fingerprint density at radius 1 is 1.43 bits per heavy atom. The third-order valence-electron chi connectivity index (χ3n) is 2.52. The van der Waals surface area contributed by atoms with Crippen LogP contribution in [0.15, 0.2) is 23.2 Å². The number of ether oxygens (including phenoxy) is 1. The fourth-order valence-electron chi connectivity index (χ4n) is 1.69. The van der Waals surface area contributed by atoms with Gasteiger partial charge in [0.15, 0.2) is 0 Å². The van der Waals surface area contributed by atoms with E-state index in [1.165, 1.54) is 44.2 Å². The van der Waals surface area contributed by atoms with Crippen LogP contribution in [-0.2, 0) is 21.1 Å². The molecule has 0 spiro atoms. The number of aliphatic imine (C=N–C) groups is 1. The maximum Gasteiger partial charge on any atom is 2.00 e. The molecular weight excluding hydrogens is 662 g/mol. The first-order chi connectivity index (χ1) is 9.22. The molecule has 0 aromatic heterocycles. The molecule has 0 saturated heterocycles. The molecule has 6 heteroatoms. The van der Waals surface area contributed by atoms with Crippen LogP contribution < -0.4 is 4.74 Å². The number of carbonyl (C=O) groups excluding carboxylic acids is 1. The van der Waals surface area contributed by atoms with Crippen molar-refractivity contribution in [3.05, 3.63) is 36.4 Å². The average molecular weight is 680 g/mol. The monoisotopic (exact) mass is 680 g/mol. The number of hydrogen-bond acceptors (Lipinski definition) is 3. The van der Waals surface area contributed by atoms with Crippen molar-refractivity contribution in [1.29, 1.82) is 0 Å². The Hall–Kier alpha value is -0.0997. The summed E-state index contributed by atoms with van der Waals surface area (Å²) in [6.45, 7) is 1.65. The van der Waals surface area contributed by atoms with Crippen molar-refractivity contribution < 1.29 is 61.7 Å². The quantitative estimate of drug-likeness (QED) is 0.334. The zero-order valence-electron chi connectivity index (χ0n) is 12.0. The smallest absolute Gasteiger partial charge is 0.631 e. The van der Waals surface area contributed by atoms with Gasteiger partial charge in [0.05, 0.1) is 0 Å². The van der Waals surface area contributed by atoms with E-state index in [4.69, 9.17) is 5.73 Å². The van der Waals surface area contributed by atoms with Crippen molar-refractivity contribution in [2.24, 2.45) is 4.99 Å². The second kappa shape index (κ2) is 14.8. The van der Waals surface area contributed by atoms with E-state index in [1.54, 1.807) is 13.0 Å². The third kappa shape index (κ3) is 12.2. The minimum absolute atomic E-state index is 0. The van der Waals surface area contributed by atoms with Gasteiger partial charge in [0.25, 0.3) is 0 Å². The fraction of sp³-hybridized carbons (Fsp3) is 0.400. The van der Waals surface area contributed by atoms with Gasteiger partial charge in [-0.1, -0.05) is 19.3 Å². The average Bonchev–Trinajstić information content (AvgIpc) is 2.41. The number of carbonyl (C=O) groups is 1. The second-order valence-electron chi connectivity index (χ2n) is 4.06. The van der Waals surface area contributed by atoms with Crippen molar-refractivity contribution in [2.75, 3.05) is 0 Å². The summed E-state index contributed by atoms with van der Waals surface area (Å²) in [4.78, 5) is 14.1. The fourth-order valence-corrected chi connectivity index (χ4v) is 1.69. The molecule has 0 aliphatic heterocycles. The minimum atomic E-state index is -1.10. The van der Waals surface area contributed by atoms with Crippen LogP contribution in [0.5, 0.6) is 5.75 Å². The van der Waals surface area contributed by atoms with Gasteiger partial charge in [-0.2, -0.15) is 31.2 Å². The van der Waals surface area contributed by atoms with Crippen LogP contribution >= 0.6 is 0 Å². The molecule has 2 rings (SSSR count). The van der Waals surface area contributed by atoms with E-state index in [0.29, 0.717) is 5.69 Å². The summed E-state index contributed by atoms with van der Waals surface area (Å²) < 4.78 is 4.52. The first-order valence-corrected chi connectivity index (χ1v) is 6.36. The molecule has 1 saturated carbocycles. The molecule has 1 aliphatic rings. The van der Waals surface area contributed by atoms with Crippen LogP contribution in [-0.4, -0.2) is 12.3 Å². The maximum atomic E-state index is 10.3. The zero-order chi connectivity index (χ0) is 13.9. The Labute approximate surface area is 164 Å². The molecule has 0 heterocycles. The Kier molecular flexibility index (Phi) is 16.4. The van der Waals surface area contributed by atoms with Crippen LogP contribution in [0.1, 0.15) is 39.0 Å². The molecular formula is C15H18N2O2UW. The topological polar surface area (TPSA) is 62.5 Å². The minimum Gasteiger partial charge on any atom is -0.631 e. The number of amides is 1. The molecule has 1 aliphatic carbocycles. The van der Waals surface area contributed by atoms with Crippen LogP contribution in [0, 0.1) is 43.6 Å². The molecule has 1 fully saturated rings. The van der Waals surface area contributed by atoms with E-state index < -0.39 is 6.09 Å². The molecule has 0 bridgehead atoms. The second-order valence-corrected chi connectivity index (χ2v) is 4.06. The van der Waals surface area contributed by atoms with Crippen LogP contribution in [0.2, 0.25) is 0 Å². The molecule has 0 unspecified atom stereocenters. The molecule has 0 radical (unpaired) electrons. The molecule has 21 heavy (non-hydrogen) atoms. The summed E-state index contributed by atoms with van der Waals surface area (Å²) in [6, 6.07) is 7.40. The Morgan fingerprint density at radius 2 is 2.10 bits per heavy atom. The number of benzene rings is 1. The van der Waals surface area contributed by atoms with Crippen LogP contribution in [0.4, 0.5) is 10.5 Å². The first-order valence-electron chi connectivity index (χ1n) is 6.36. The van der Waals surface area contributed by atoms with Crippen molar-refractivity contribution in [2.45, 2.75) is 39.0 Å². The van der Waals surface area contributed by atoms with Crippen molar-refractivity contribution in [3.8, 4) is 5.75 Å². The Balaban J connectivity index is 0. The molecule has 4 nitrogen and oxygen atoms in total. The number of rotatable bonds is 2. The van der Waals surface area contributed by atoms with E-state index in [-0.39, 0.29) is 57.9 Å². The summed E-state index contributed by atoms with van der Waals surface area (Å²) >= 11 is 0. The van der Waals surface area contributed by atoms with Gasteiger partial charge in [0.2, 0.25) is 6.09 Å². The van der Waals surface area contributed by atoms with Gasteiger partial charge in [-0.15, -0.1) is 13.0 Å². The normalized spacial score (nSPS) is 13.2. The zero-order valence-corrected chi connectivity index (χ0v) is 19.1. The van der Waals surface area contributed by atoms with Crippen LogP contribution in [0.3, 0.4) is 0 Å². The van der Waals surface area contributed by atoms with Gasteiger partial charge in [-0.05, 0) is 0 Å². The summed E-state index contributed by atoms with van der Waals surface area (Å²) in [7, 11) is 0. The Morgan fingerprint density at radius 3 is 2.52 bits per heavy atom. The number of nitrogens with one attached hydrogen (secondary N) is 1. The van der Waals surface area contributed by atoms with Crippen molar-refractivity contribution in [1.82, 2.24) is 0 Å². The molecule has 1 aromatic rings. The van der Waals surface area contributed by atoms with Crippen LogP contribution in [0.25, 0.3) is 5.73 Å². The molecule has 110 valence electrons. The van der Waals surface area contributed by atoms with E-state index in [2.05, 4.69) is 28.4 Å². The standard InChI is InChI=1S/C9H8N2O2.C6H11.U.W/c1-2-11-7-4-3-5-8(6-7)13-9(10)12;1-2-4-6-5-3-1;;/h3,5-6H,1H3,(H2,10,12);1H,2-6H2;;/q-2;-1;2*+2/p-1. The molecule has 0 atom stereocenters. The summed E-state index contributed by atoms with van der Waals surface area (Å²) in [5, 5.41) is 0. The predicted octanol–water partition coefficient (Wildman–Crippen LogP) is 4.79. The van der Waals surface area contributed by atoms with Crippen molar-refractivity contribution >= 4 is 18.0 Å². The largest absolute Gasteiger partial charge is 2.00 e. The molecule has 1 N–H and O–H groups in total. The van der Waals surface area contributed by atoms with Gasteiger partial charge in [-0.3, -0.25) is 10.9 Å². The van der Waals surface area contributed by atoms with Gasteiger partial charge in [0.1, 0.15) is 0 Å². The predicted molar refractivity (Wildman–Crippen MR) is 75.8 cm³/mol. The van der Waals surface area contributed by atoms with E-state index >= 15 is 0 Å². The summed E-state index contributed by atoms with van der Waals surface area (Å²) in [5.74, 6) is 0.285. The number of nitrogens with zero attached hydrogens (tertiary/aromatic N) is 1. The summed E-state index contributed by atoms with van der Waals surface area (Å²) in [6.07, 6.45) is 11.0. The summed E-state index contributed by atoms with van der Waals surface area (Å²) in [5.41, 5.74) is 7.09. The molecule has 1 amide bonds. The Bertz CT molecular complexity index is 412. The first kappa shape index (κ1) is 23.2. The molecule has 1 aromatic carbocycles. The maximum absolute atomic E-state index is 10.3. The van der Waals surface area contributed by atoms with Gasteiger partial charge in [-0.25, -0.2) is 5.69 Å². The van der Waals surface area contributed by atoms with E-state index in [9.17, 15) is 4.79 Å². The third-order valence-corrected chi connectivity index (χ3v) is 2.52.